The van der Waals surface area contributed by atoms with E-state index in [-0.39, 0.29) is 24.8 Å². The van der Waals surface area contributed by atoms with E-state index >= 15 is 0 Å². The van der Waals surface area contributed by atoms with E-state index in [1.807, 2.05) is 0 Å². The second-order valence-corrected chi connectivity index (χ2v) is 5.32. The van der Waals surface area contributed by atoms with Crippen LogP contribution in [-0.4, -0.2) is 31.1 Å². The zero-order valence-electron chi connectivity index (χ0n) is 12.4. The summed E-state index contributed by atoms with van der Waals surface area (Å²) in [6.07, 6.45) is 0.152. The lowest BCUT2D eigenvalue weighted by Crippen LogP contribution is -2.29. The number of esters is 1. The predicted octanol–water partition coefficient (Wildman–Crippen LogP) is 2.16. The molecule has 0 saturated carbocycles. The van der Waals surface area contributed by atoms with Gasteiger partial charge in [0.05, 0.1) is 13.5 Å². The Labute approximate surface area is 119 Å². The van der Waals surface area contributed by atoms with Crippen LogP contribution in [0.25, 0.3) is 0 Å². The Morgan fingerprint density at radius 2 is 1.75 bits per heavy atom. The highest BCUT2D eigenvalue weighted by Crippen LogP contribution is 2.11. The number of carbonyl (C=O) groups is 2. The third-order valence-corrected chi connectivity index (χ3v) is 2.39. The molecule has 0 unspecified atom stereocenters. The Kier molecular flexibility index (Phi) is 5.55. The van der Waals surface area contributed by atoms with Crippen LogP contribution in [0.1, 0.15) is 37.6 Å². The van der Waals surface area contributed by atoms with Gasteiger partial charge in [0.25, 0.3) is 5.91 Å². The molecule has 5 heteroatoms. The molecule has 0 radical (unpaired) electrons. The molecule has 0 fully saturated rings. The molecule has 0 aliphatic heterocycles. The molecule has 0 aliphatic rings. The summed E-state index contributed by atoms with van der Waals surface area (Å²) >= 11 is 0. The number of hydrogen-bond acceptors (Lipinski definition) is 4. The molecule has 1 amide bonds. The second-order valence-electron chi connectivity index (χ2n) is 5.32. The number of carbonyl (C=O) groups excluding carboxylic acids is 2. The van der Waals surface area contributed by atoms with Crippen LogP contribution in [0.15, 0.2) is 24.3 Å². The normalized spacial score (nSPS) is 10.8. The molecule has 1 aromatic carbocycles. The van der Waals surface area contributed by atoms with Crippen LogP contribution in [0.4, 0.5) is 0 Å². The van der Waals surface area contributed by atoms with E-state index < -0.39 is 5.60 Å². The minimum Gasteiger partial charge on any atom is -0.497 e. The van der Waals surface area contributed by atoms with Crippen molar-refractivity contribution in [3.05, 3.63) is 29.8 Å². The highest BCUT2D eigenvalue weighted by Gasteiger charge is 2.16. The maximum atomic E-state index is 11.8. The van der Waals surface area contributed by atoms with Crippen molar-refractivity contribution < 1.29 is 19.1 Å². The zero-order valence-corrected chi connectivity index (χ0v) is 12.4. The maximum Gasteiger partial charge on any atom is 0.308 e. The summed E-state index contributed by atoms with van der Waals surface area (Å²) in [7, 11) is 1.57. The lowest BCUT2D eigenvalue weighted by molar-refractivity contribution is -0.154. The molecular formula is C15H21NO4. The Balaban J connectivity index is 2.38. The van der Waals surface area contributed by atoms with Gasteiger partial charge >= 0.3 is 5.97 Å². The van der Waals surface area contributed by atoms with Crippen LogP contribution < -0.4 is 10.1 Å². The van der Waals surface area contributed by atoms with Crippen LogP contribution >= 0.6 is 0 Å². The summed E-state index contributed by atoms with van der Waals surface area (Å²) in [5, 5.41) is 2.67. The van der Waals surface area contributed by atoms with Crippen molar-refractivity contribution in [1.29, 1.82) is 0 Å². The molecule has 1 rings (SSSR count). The van der Waals surface area contributed by atoms with Gasteiger partial charge in [0.1, 0.15) is 11.4 Å². The molecule has 1 aromatic rings. The van der Waals surface area contributed by atoms with Crippen molar-refractivity contribution in [1.82, 2.24) is 5.32 Å². The molecule has 0 spiro atoms. The van der Waals surface area contributed by atoms with Gasteiger partial charge in [0.2, 0.25) is 0 Å². The molecule has 0 heterocycles. The molecule has 0 aliphatic carbocycles. The molecule has 1 N–H and O–H groups in total. The van der Waals surface area contributed by atoms with E-state index in [2.05, 4.69) is 5.32 Å². The van der Waals surface area contributed by atoms with Gasteiger partial charge in [-0.25, -0.2) is 0 Å². The van der Waals surface area contributed by atoms with Crippen molar-refractivity contribution in [3.8, 4) is 5.75 Å². The van der Waals surface area contributed by atoms with Gasteiger partial charge in [-0.15, -0.1) is 0 Å². The van der Waals surface area contributed by atoms with Crippen LogP contribution in [0, 0.1) is 0 Å². The van der Waals surface area contributed by atoms with Gasteiger partial charge in [-0.05, 0) is 45.0 Å². The second kappa shape index (κ2) is 6.93. The monoisotopic (exact) mass is 279 g/mol. The number of methoxy groups -OCH3 is 1. The van der Waals surface area contributed by atoms with E-state index in [1.165, 1.54) is 0 Å². The largest absolute Gasteiger partial charge is 0.497 e. The fourth-order valence-corrected chi connectivity index (χ4v) is 1.52. The maximum absolute atomic E-state index is 11.8. The molecule has 110 valence electrons. The number of amides is 1. The van der Waals surface area contributed by atoms with Gasteiger partial charge in [0, 0.05) is 12.1 Å². The Morgan fingerprint density at radius 3 is 2.25 bits per heavy atom. The van der Waals surface area contributed by atoms with E-state index in [4.69, 9.17) is 9.47 Å². The van der Waals surface area contributed by atoms with Crippen LogP contribution in [-0.2, 0) is 9.53 Å². The lowest BCUT2D eigenvalue weighted by Gasteiger charge is -2.19. The highest BCUT2D eigenvalue weighted by atomic mass is 16.6. The molecule has 0 bridgehead atoms. The smallest absolute Gasteiger partial charge is 0.308 e. The van der Waals surface area contributed by atoms with E-state index in [0.29, 0.717) is 11.3 Å². The Hall–Kier alpha value is -2.04. The Bertz CT molecular complexity index is 460. The topological polar surface area (TPSA) is 64.6 Å². The quantitative estimate of drug-likeness (QED) is 0.839. The molecule has 0 aromatic heterocycles. The summed E-state index contributed by atoms with van der Waals surface area (Å²) in [6, 6.07) is 6.76. The predicted molar refractivity (Wildman–Crippen MR) is 75.8 cm³/mol. The first-order chi connectivity index (χ1) is 9.31. The third kappa shape index (κ3) is 5.73. The zero-order chi connectivity index (χ0) is 15.2. The molecular weight excluding hydrogens is 258 g/mol. The average molecular weight is 279 g/mol. The first kappa shape index (κ1) is 16.0. The van der Waals surface area contributed by atoms with Crippen LogP contribution in [0.5, 0.6) is 5.75 Å². The first-order valence-corrected chi connectivity index (χ1v) is 6.46. The van der Waals surface area contributed by atoms with Crippen molar-refractivity contribution in [2.75, 3.05) is 13.7 Å². The number of hydrogen-bond donors (Lipinski definition) is 1. The number of benzene rings is 1. The average Bonchev–Trinajstić information content (AvgIpc) is 2.36. The summed E-state index contributed by atoms with van der Waals surface area (Å²) in [4.78, 5) is 23.3. The lowest BCUT2D eigenvalue weighted by atomic mass is 10.2. The van der Waals surface area contributed by atoms with Gasteiger partial charge < -0.3 is 14.8 Å². The van der Waals surface area contributed by atoms with Gasteiger partial charge in [0.15, 0.2) is 0 Å². The minimum absolute atomic E-state index is 0.152. The fraction of sp³-hybridized carbons (Fsp3) is 0.467. The summed E-state index contributed by atoms with van der Waals surface area (Å²) in [5.41, 5.74) is 0.0202. The minimum atomic E-state index is -0.503. The molecule has 5 nitrogen and oxygen atoms in total. The van der Waals surface area contributed by atoms with E-state index in [0.717, 1.165) is 0 Å². The van der Waals surface area contributed by atoms with Crippen molar-refractivity contribution in [2.24, 2.45) is 0 Å². The summed E-state index contributed by atoms with van der Waals surface area (Å²) in [5.74, 6) is 0.138. The number of nitrogens with one attached hydrogen (secondary N) is 1. The van der Waals surface area contributed by atoms with E-state index in [9.17, 15) is 9.59 Å². The standard InChI is InChI=1S/C15H21NO4/c1-15(2,3)20-13(17)9-10-16-14(18)11-5-7-12(19-4)8-6-11/h5-8H,9-10H2,1-4H3,(H,16,18). The molecule has 0 atom stereocenters. The third-order valence-electron chi connectivity index (χ3n) is 2.39. The molecule has 20 heavy (non-hydrogen) atoms. The molecule has 0 saturated heterocycles. The van der Waals surface area contributed by atoms with E-state index in [1.54, 1.807) is 52.1 Å². The summed E-state index contributed by atoms with van der Waals surface area (Å²) in [6.45, 7) is 5.67. The highest BCUT2D eigenvalue weighted by molar-refractivity contribution is 5.94. The summed E-state index contributed by atoms with van der Waals surface area (Å²) < 4.78 is 10.2. The van der Waals surface area contributed by atoms with Gasteiger partial charge in [-0.2, -0.15) is 0 Å². The number of rotatable bonds is 5. The Morgan fingerprint density at radius 1 is 1.15 bits per heavy atom. The first-order valence-electron chi connectivity index (χ1n) is 6.46. The SMILES string of the molecule is COc1ccc(C(=O)NCCC(=O)OC(C)(C)C)cc1. The van der Waals surface area contributed by atoms with Crippen LogP contribution in [0.3, 0.4) is 0 Å². The fourth-order valence-electron chi connectivity index (χ4n) is 1.52. The van der Waals surface area contributed by atoms with Crippen molar-refractivity contribution in [2.45, 2.75) is 32.8 Å². The van der Waals surface area contributed by atoms with Crippen molar-refractivity contribution >= 4 is 11.9 Å². The van der Waals surface area contributed by atoms with Crippen LogP contribution in [0.2, 0.25) is 0 Å². The van der Waals surface area contributed by atoms with Gasteiger partial charge in [-0.3, -0.25) is 9.59 Å². The van der Waals surface area contributed by atoms with Gasteiger partial charge in [-0.1, -0.05) is 0 Å². The van der Waals surface area contributed by atoms with Crippen molar-refractivity contribution in [3.63, 3.8) is 0 Å². The number of ether oxygens (including phenoxy) is 2.